The molecular weight excluding hydrogens is 188 g/mol. The highest BCUT2D eigenvalue weighted by molar-refractivity contribution is 5.83. The number of phenolic OH excluding ortho intramolecular Hbond substituents is 1. The van der Waals surface area contributed by atoms with Crippen LogP contribution < -0.4 is 0 Å². The molecule has 1 saturated carbocycles. The molecule has 0 radical (unpaired) electrons. The summed E-state index contributed by atoms with van der Waals surface area (Å²) in [5, 5.41) is 9.33. The molecule has 15 heavy (non-hydrogen) atoms. The van der Waals surface area contributed by atoms with E-state index < -0.39 is 0 Å². The number of phenols is 1. The molecule has 1 aliphatic carbocycles. The Labute approximate surface area is 89.9 Å². The summed E-state index contributed by atoms with van der Waals surface area (Å²) in [5.74, 6) is 1.31. The Bertz CT molecular complexity index is 371. The lowest BCUT2D eigenvalue weighted by molar-refractivity contribution is -0.121. The lowest BCUT2D eigenvalue weighted by Crippen LogP contribution is -2.15. The highest BCUT2D eigenvalue weighted by Crippen LogP contribution is 2.31. The van der Waals surface area contributed by atoms with Crippen LogP contribution in [0.2, 0.25) is 0 Å². The van der Waals surface area contributed by atoms with E-state index in [0.29, 0.717) is 11.7 Å². The fourth-order valence-electron chi connectivity index (χ4n) is 2.33. The monoisotopic (exact) mass is 204 g/mol. The van der Waals surface area contributed by atoms with E-state index in [2.05, 4.69) is 6.92 Å². The van der Waals surface area contributed by atoms with Crippen LogP contribution in [0.1, 0.15) is 25.3 Å². The summed E-state index contributed by atoms with van der Waals surface area (Å²) in [5.41, 5.74) is 1.06. The standard InChI is InChI=1S/C13H16O2/c1-9-5-6-13(15)12(9)8-10-3-2-4-11(14)7-10/h2-4,7,9,12,14H,5-6,8H2,1H3/t9-,12+/m0/s1. The second-order valence-electron chi connectivity index (χ2n) is 4.46. The van der Waals surface area contributed by atoms with Gasteiger partial charge in [0, 0.05) is 12.3 Å². The number of carbonyl (C=O) groups is 1. The molecule has 1 aliphatic rings. The van der Waals surface area contributed by atoms with Gasteiger partial charge in [-0.15, -0.1) is 0 Å². The molecule has 80 valence electrons. The van der Waals surface area contributed by atoms with Gasteiger partial charge in [0.05, 0.1) is 0 Å². The number of ketones is 1. The molecule has 0 saturated heterocycles. The molecule has 2 heteroatoms. The predicted molar refractivity (Wildman–Crippen MR) is 58.7 cm³/mol. The molecule has 0 aromatic heterocycles. The fourth-order valence-corrected chi connectivity index (χ4v) is 2.33. The maximum absolute atomic E-state index is 11.6. The van der Waals surface area contributed by atoms with Crippen molar-refractivity contribution in [3.63, 3.8) is 0 Å². The number of hydrogen-bond acceptors (Lipinski definition) is 2. The second-order valence-corrected chi connectivity index (χ2v) is 4.46. The SMILES string of the molecule is C[C@H]1CCC(=O)[C@@H]1Cc1cccc(O)c1. The number of benzene rings is 1. The Hall–Kier alpha value is -1.31. The maximum Gasteiger partial charge on any atom is 0.136 e. The third-order valence-electron chi connectivity index (χ3n) is 3.31. The quantitative estimate of drug-likeness (QED) is 0.803. The molecule has 1 fully saturated rings. The van der Waals surface area contributed by atoms with Crippen molar-refractivity contribution in [2.24, 2.45) is 11.8 Å². The van der Waals surface area contributed by atoms with Gasteiger partial charge in [0.2, 0.25) is 0 Å². The molecule has 0 bridgehead atoms. The summed E-state index contributed by atoms with van der Waals surface area (Å²) in [7, 11) is 0. The third-order valence-corrected chi connectivity index (χ3v) is 3.31. The van der Waals surface area contributed by atoms with Gasteiger partial charge in [-0.25, -0.2) is 0 Å². The smallest absolute Gasteiger partial charge is 0.136 e. The lowest BCUT2D eigenvalue weighted by Gasteiger charge is -2.13. The van der Waals surface area contributed by atoms with Crippen LogP contribution in [0.3, 0.4) is 0 Å². The van der Waals surface area contributed by atoms with Gasteiger partial charge in [-0.3, -0.25) is 4.79 Å². The molecule has 0 unspecified atom stereocenters. The average molecular weight is 204 g/mol. The summed E-state index contributed by atoms with van der Waals surface area (Å²) in [6.07, 6.45) is 2.52. The Morgan fingerprint density at radius 1 is 1.47 bits per heavy atom. The summed E-state index contributed by atoms with van der Waals surface area (Å²) in [6.45, 7) is 2.14. The average Bonchev–Trinajstić information content (AvgIpc) is 2.50. The van der Waals surface area contributed by atoms with Gasteiger partial charge in [-0.2, -0.15) is 0 Å². The van der Waals surface area contributed by atoms with Gasteiger partial charge < -0.3 is 5.11 Å². The molecule has 0 heterocycles. The zero-order valence-electron chi connectivity index (χ0n) is 8.94. The van der Waals surface area contributed by atoms with Crippen molar-refractivity contribution in [1.82, 2.24) is 0 Å². The van der Waals surface area contributed by atoms with Crippen LogP contribution in [0.4, 0.5) is 0 Å². The van der Waals surface area contributed by atoms with E-state index in [1.54, 1.807) is 12.1 Å². The largest absolute Gasteiger partial charge is 0.508 e. The Kier molecular flexibility index (Phi) is 2.76. The molecule has 0 amide bonds. The summed E-state index contributed by atoms with van der Waals surface area (Å²) in [4.78, 5) is 11.6. The maximum atomic E-state index is 11.6. The molecule has 2 atom stereocenters. The minimum atomic E-state index is 0.159. The number of aromatic hydroxyl groups is 1. The van der Waals surface area contributed by atoms with Crippen LogP contribution in [-0.2, 0) is 11.2 Å². The van der Waals surface area contributed by atoms with Crippen LogP contribution >= 0.6 is 0 Å². The second kappa shape index (κ2) is 4.05. The summed E-state index contributed by atoms with van der Waals surface area (Å²) >= 11 is 0. The number of carbonyl (C=O) groups excluding carboxylic acids is 1. The van der Waals surface area contributed by atoms with Gasteiger partial charge in [0.25, 0.3) is 0 Å². The van der Waals surface area contributed by atoms with Crippen LogP contribution in [0.5, 0.6) is 5.75 Å². The van der Waals surface area contributed by atoms with Crippen molar-refractivity contribution >= 4 is 5.78 Å². The van der Waals surface area contributed by atoms with Crippen molar-refractivity contribution in [1.29, 1.82) is 0 Å². The van der Waals surface area contributed by atoms with Gasteiger partial charge in [-0.05, 0) is 36.5 Å². The van der Waals surface area contributed by atoms with E-state index in [9.17, 15) is 9.90 Å². The van der Waals surface area contributed by atoms with E-state index >= 15 is 0 Å². The first-order chi connectivity index (χ1) is 7.16. The first-order valence-corrected chi connectivity index (χ1v) is 5.47. The first-order valence-electron chi connectivity index (χ1n) is 5.47. The number of Topliss-reactive ketones (excluding diaryl/α,β-unsaturated/α-hetero) is 1. The van der Waals surface area contributed by atoms with E-state index in [4.69, 9.17) is 0 Å². The minimum absolute atomic E-state index is 0.159. The molecular formula is C13H16O2. The molecule has 2 nitrogen and oxygen atoms in total. The molecule has 1 aromatic carbocycles. The Morgan fingerprint density at radius 2 is 2.27 bits per heavy atom. The molecule has 1 aromatic rings. The Morgan fingerprint density at radius 3 is 2.87 bits per heavy atom. The summed E-state index contributed by atoms with van der Waals surface area (Å²) < 4.78 is 0. The van der Waals surface area contributed by atoms with Crippen LogP contribution in [0.25, 0.3) is 0 Å². The Balaban J connectivity index is 2.11. The molecule has 2 rings (SSSR count). The van der Waals surface area contributed by atoms with Crippen molar-refractivity contribution in [3.8, 4) is 5.75 Å². The van der Waals surface area contributed by atoms with Crippen molar-refractivity contribution < 1.29 is 9.90 Å². The lowest BCUT2D eigenvalue weighted by atomic mass is 9.90. The summed E-state index contributed by atoms with van der Waals surface area (Å²) in [6, 6.07) is 7.20. The van der Waals surface area contributed by atoms with E-state index in [0.717, 1.165) is 24.8 Å². The number of rotatable bonds is 2. The fraction of sp³-hybridized carbons (Fsp3) is 0.462. The molecule has 0 aliphatic heterocycles. The van der Waals surface area contributed by atoms with Gasteiger partial charge in [0.15, 0.2) is 0 Å². The van der Waals surface area contributed by atoms with E-state index in [-0.39, 0.29) is 11.7 Å². The van der Waals surface area contributed by atoms with Crippen molar-refractivity contribution in [3.05, 3.63) is 29.8 Å². The minimum Gasteiger partial charge on any atom is -0.508 e. The number of hydrogen-bond donors (Lipinski definition) is 1. The van der Waals surface area contributed by atoms with Gasteiger partial charge in [-0.1, -0.05) is 19.1 Å². The predicted octanol–water partition coefficient (Wildman–Crippen LogP) is 2.55. The zero-order valence-corrected chi connectivity index (χ0v) is 8.94. The third kappa shape index (κ3) is 2.20. The molecule has 1 N–H and O–H groups in total. The molecule has 0 spiro atoms. The highest BCUT2D eigenvalue weighted by Gasteiger charge is 2.31. The normalized spacial score (nSPS) is 25.8. The van der Waals surface area contributed by atoms with Gasteiger partial charge >= 0.3 is 0 Å². The van der Waals surface area contributed by atoms with Crippen LogP contribution in [-0.4, -0.2) is 10.9 Å². The first kappa shape index (κ1) is 10.2. The van der Waals surface area contributed by atoms with Crippen molar-refractivity contribution in [2.45, 2.75) is 26.2 Å². The highest BCUT2D eigenvalue weighted by atomic mass is 16.3. The zero-order chi connectivity index (χ0) is 10.8. The van der Waals surface area contributed by atoms with Crippen LogP contribution in [0, 0.1) is 11.8 Å². The van der Waals surface area contributed by atoms with Crippen LogP contribution in [0.15, 0.2) is 24.3 Å². The van der Waals surface area contributed by atoms with E-state index in [1.807, 2.05) is 12.1 Å². The van der Waals surface area contributed by atoms with Gasteiger partial charge in [0.1, 0.15) is 11.5 Å². The van der Waals surface area contributed by atoms with Crippen molar-refractivity contribution in [2.75, 3.05) is 0 Å². The topological polar surface area (TPSA) is 37.3 Å². The van der Waals surface area contributed by atoms with E-state index in [1.165, 1.54) is 0 Å².